The maximum Gasteiger partial charge on any atom is 0.252 e. The molecule has 1 aromatic rings. The Bertz CT molecular complexity index is 386. The Morgan fingerprint density at radius 2 is 2.39 bits per heavy atom. The van der Waals surface area contributed by atoms with E-state index in [1.165, 1.54) is 12.6 Å². The molecular formula is C13H19N3O2. The van der Waals surface area contributed by atoms with Crippen molar-refractivity contribution in [2.75, 3.05) is 18.9 Å². The van der Waals surface area contributed by atoms with E-state index in [2.05, 4.69) is 10.3 Å². The van der Waals surface area contributed by atoms with Gasteiger partial charge in [-0.05, 0) is 37.8 Å². The van der Waals surface area contributed by atoms with Crippen LogP contribution in [0.3, 0.4) is 0 Å². The van der Waals surface area contributed by atoms with E-state index >= 15 is 0 Å². The highest BCUT2D eigenvalue weighted by atomic mass is 16.5. The van der Waals surface area contributed by atoms with Gasteiger partial charge in [0.1, 0.15) is 5.82 Å². The van der Waals surface area contributed by atoms with Gasteiger partial charge in [0.15, 0.2) is 0 Å². The lowest BCUT2D eigenvalue weighted by Crippen LogP contribution is -2.29. The topological polar surface area (TPSA) is 77.2 Å². The minimum absolute atomic E-state index is 0.113. The largest absolute Gasteiger partial charge is 0.384 e. The van der Waals surface area contributed by atoms with Crippen molar-refractivity contribution in [1.29, 1.82) is 0 Å². The van der Waals surface area contributed by atoms with E-state index in [1.54, 1.807) is 12.1 Å². The summed E-state index contributed by atoms with van der Waals surface area (Å²) in [6.45, 7) is 1.48. The summed E-state index contributed by atoms with van der Waals surface area (Å²) < 4.78 is 5.60. The molecule has 5 heteroatoms. The molecule has 0 bridgehead atoms. The zero-order valence-electron chi connectivity index (χ0n) is 10.4. The van der Waals surface area contributed by atoms with E-state index in [1.807, 2.05) is 0 Å². The summed E-state index contributed by atoms with van der Waals surface area (Å²) in [4.78, 5) is 15.7. The SMILES string of the molecule is Nc1ccc(C(=O)NCCC2CCCCO2)cn1. The van der Waals surface area contributed by atoms with E-state index in [9.17, 15) is 4.79 Å². The minimum Gasteiger partial charge on any atom is -0.384 e. The lowest BCUT2D eigenvalue weighted by Gasteiger charge is -2.22. The average Bonchev–Trinajstić information content (AvgIpc) is 2.40. The second-order valence-corrected chi connectivity index (χ2v) is 4.50. The summed E-state index contributed by atoms with van der Waals surface area (Å²) in [5, 5.41) is 2.87. The van der Waals surface area contributed by atoms with Gasteiger partial charge in [-0.15, -0.1) is 0 Å². The van der Waals surface area contributed by atoms with Crippen LogP contribution in [0, 0.1) is 0 Å². The molecule has 1 amide bonds. The molecule has 1 unspecified atom stereocenters. The maximum absolute atomic E-state index is 11.8. The number of anilines is 1. The van der Waals surface area contributed by atoms with Crippen molar-refractivity contribution in [2.45, 2.75) is 31.8 Å². The molecule has 0 aliphatic carbocycles. The van der Waals surface area contributed by atoms with Gasteiger partial charge in [0.25, 0.3) is 5.91 Å². The normalized spacial score (nSPS) is 19.4. The number of nitrogens with zero attached hydrogens (tertiary/aromatic N) is 1. The lowest BCUT2D eigenvalue weighted by molar-refractivity contribution is 0.0117. The average molecular weight is 249 g/mol. The molecule has 1 saturated heterocycles. The van der Waals surface area contributed by atoms with Crippen molar-refractivity contribution in [3.8, 4) is 0 Å². The number of amides is 1. The summed E-state index contributed by atoms with van der Waals surface area (Å²) in [6.07, 6.45) is 6.12. The molecule has 0 aromatic carbocycles. The first-order valence-electron chi connectivity index (χ1n) is 6.37. The molecule has 1 aromatic heterocycles. The Kier molecular flexibility index (Phi) is 4.52. The number of carbonyl (C=O) groups excluding carboxylic acids is 1. The van der Waals surface area contributed by atoms with Gasteiger partial charge in [0, 0.05) is 19.3 Å². The van der Waals surface area contributed by atoms with Gasteiger partial charge in [-0.25, -0.2) is 4.98 Å². The summed E-state index contributed by atoms with van der Waals surface area (Å²) in [5.74, 6) is 0.306. The maximum atomic E-state index is 11.8. The second kappa shape index (κ2) is 6.35. The Morgan fingerprint density at radius 1 is 1.50 bits per heavy atom. The van der Waals surface area contributed by atoms with Crippen LogP contribution in [-0.2, 0) is 4.74 Å². The van der Waals surface area contributed by atoms with Crippen molar-refractivity contribution in [1.82, 2.24) is 10.3 Å². The molecule has 5 nitrogen and oxygen atoms in total. The molecule has 1 aliphatic rings. The van der Waals surface area contributed by atoms with Gasteiger partial charge in [-0.2, -0.15) is 0 Å². The van der Waals surface area contributed by atoms with E-state index in [0.717, 1.165) is 25.9 Å². The molecular weight excluding hydrogens is 230 g/mol. The molecule has 98 valence electrons. The number of hydrogen-bond acceptors (Lipinski definition) is 4. The number of nitrogens with two attached hydrogens (primary N) is 1. The van der Waals surface area contributed by atoms with Gasteiger partial charge >= 0.3 is 0 Å². The van der Waals surface area contributed by atoms with Crippen molar-refractivity contribution in [2.24, 2.45) is 0 Å². The molecule has 1 aliphatic heterocycles. The van der Waals surface area contributed by atoms with Gasteiger partial charge < -0.3 is 15.8 Å². The molecule has 18 heavy (non-hydrogen) atoms. The van der Waals surface area contributed by atoms with Crippen molar-refractivity contribution < 1.29 is 9.53 Å². The second-order valence-electron chi connectivity index (χ2n) is 4.50. The monoisotopic (exact) mass is 249 g/mol. The zero-order chi connectivity index (χ0) is 12.8. The number of hydrogen-bond donors (Lipinski definition) is 2. The van der Waals surface area contributed by atoms with Crippen LogP contribution in [0.2, 0.25) is 0 Å². The first-order chi connectivity index (χ1) is 8.75. The molecule has 2 heterocycles. The van der Waals surface area contributed by atoms with Crippen LogP contribution in [-0.4, -0.2) is 30.1 Å². The first-order valence-corrected chi connectivity index (χ1v) is 6.37. The highest BCUT2D eigenvalue weighted by molar-refractivity contribution is 5.93. The summed E-state index contributed by atoms with van der Waals surface area (Å²) in [5.41, 5.74) is 6.00. The molecule has 3 N–H and O–H groups in total. The fourth-order valence-electron chi connectivity index (χ4n) is 2.02. The number of rotatable bonds is 4. The molecule has 2 rings (SSSR count). The van der Waals surface area contributed by atoms with Crippen LogP contribution in [0.25, 0.3) is 0 Å². The highest BCUT2D eigenvalue weighted by Gasteiger charge is 2.14. The van der Waals surface area contributed by atoms with Crippen molar-refractivity contribution in [3.05, 3.63) is 23.9 Å². The van der Waals surface area contributed by atoms with Crippen LogP contribution < -0.4 is 11.1 Å². The fourth-order valence-corrected chi connectivity index (χ4v) is 2.02. The van der Waals surface area contributed by atoms with Crippen LogP contribution >= 0.6 is 0 Å². The van der Waals surface area contributed by atoms with Crippen LogP contribution in [0.15, 0.2) is 18.3 Å². The molecule has 0 spiro atoms. The molecule has 1 atom stereocenters. The summed E-state index contributed by atoms with van der Waals surface area (Å²) in [7, 11) is 0. The quantitative estimate of drug-likeness (QED) is 0.844. The van der Waals surface area contributed by atoms with E-state index in [0.29, 0.717) is 24.0 Å². The summed E-state index contributed by atoms with van der Waals surface area (Å²) >= 11 is 0. The van der Waals surface area contributed by atoms with E-state index in [-0.39, 0.29) is 5.91 Å². The van der Waals surface area contributed by atoms with Crippen LogP contribution in [0.1, 0.15) is 36.0 Å². The number of pyridine rings is 1. The first kappa shape index (κ1) is 12.8. The predicted molar refractivity (Wildman–Crippen MR) is 69.2 cm³/mol. The van der Waals surface area contributed by atoms with Gasteiger partial charge in [0.2, 0.25) is 0 Å². The minimum atomic E-state index is -0.113. The van der Waals surface area contributed by atoms with E-state index in [4.69, 9.17) is 10.5 Å². The molecule has 0 radical (unpaired) electrons. The fraction of sp³-hybridized carbons (Fsp3) is 0.538. The third-order valence-corrected chi connectivity index (χ3v) is 3.07. The third-order valence-electron chi connectivity index (χ3n) is 3.07. The predicted octanol–water partition coefficient (Wildman–Crippen LogP) is 1.35. The number of carbonyl (C=O) groups is 1. The Labute approximate surface area is 107 Å². The van der Waals surface area contributed by atoms with E-state index < -0.39 is 0 Å². The number of nitrogen functional groups attached to an aromatic ring is 1. The number of aromatic nitrogens is 1. The smallest absolute Gasteiger partial charge is 0.252 e. The van der Waals surface area contributed by atoms with Gasteiger partial charge in [-0.1, -0.05) is 0 Å². The van der Waals surface area contributed by atoms with Crippen LogP contribution in [0.4, 0.5) is 5.82 Å². The summed E-state index contributed by atoms with van der Waals surface area (Å²) in [6, 6.07) is 3.30. The Balaban J connectivity index is 1.72. The van der Waals surface area contributed by atoms with Crippen molar-refractivity contribution in [3.63, 3.8) is 0 Å². The standard InChI is InChI=1S/C13H19N3O2/c14-12-5-4-10(9-16-12)13(17)15-7-6-11-3-1-2-8-18-11/h4-5,9,11H,1-3,6-8H2,(H2,14,16)(H,15,17). The van der Waals surface area contributed by atoms with Crippen LogP contribution in [0.5, 0.6) is 0 Å². The third kappa shape index (κ3) is 3.70. The zero-order valence-corrected chi connectivity index (χ0v) is 10.4. The Morgan fingerprint density at radius 3 is 3.06 bits per heavy atom. The van der Waals surface area contributed by atoms with Gasteiger partial charge in [0.05, 0.1) is 11.7 Å². The number of ether oxygens (including phenoxy) is 1. The number of nitrogens with one attached hydrogen (secondary N) is 1. The van der Waals surface area contributed by atoms with Crippen molar-refractivity contribution >= 4 is 11.7 Å². The molecule has 1 fully saturated rings. The molecule has 0 saturated carbocycles. The highest BCUT2D eigenvalue weighted by Crippen LogP contribution is 2.14. The van der Waals surface area contributed by atoms with Gasteiger partial charge in [-0.3, -0.25) is 4.79 Å². The lowest BCUT2D eigenvalue weighted by atomic mass is 10.1. The Hall–Kier alpha value is -1.62.